The van der Waals surface area contributed by atoms with Crippen LogP contribution in [0.4, 0.5) is 0 Å². The van der Waals surface area contributed by atoms with E-state index in [1.807, 2.05) is 13.0 Å². The Kier molecular flexibility index (Phi) is 9.78. The number of nitrogens with zero attached hydrogens (tertiary/aromatic N) is 2. The van der Waals surface area contributed by atoms with Crippen molar-refractivity contribution in [1.82, 2.24) is 21.1 Å². The van der Waals surface area contributed by atoms with Gasteiger partial charge in [-0.05, 0) is 25.0 Å². The molecule has 2 heterocycles. The van der Waals surface area contributed by atoms with Crippen molar-refractivity contribution < 1.29 is 13.7 Å². The summed E-state index contributed by atoms with van der Waals surface area (Å²) in [5.41, 5.74) is 0.913. The molecule has 0 bridgehead atoms. The molecular formula is C17H26IN5O3. The van der Waals surface area contributed by atoms with Gasteiger partial charge in [0.2, 0.25) is 5.91 Å². The molecule has 0 aliphatic carbocycles. The van der Waals surface area contributed by atoms with E-state index >= 15 is 0 Å². The standard InChI is InChI=1S/C17H25N5O3.HI/c1-4-18-17(20-10-14-8-15(12(2)3)22-25-14)21-11-16(23)19-9-13-6-5-7-24-13;/h5-8,12H,4,9-11H2,1-3H3,(H,19,23)(H2,18,20,21);1H. The van der Waals surface area contributed by atoms with Gasteiger partial charge < -0.3 is 24.9 Å². The first-order valence-electron chi connectivity index (χ1n) is 8.35. The molecule has 8 nitrogen and oxygen atoms in total. The molecule has 2 aromatic heterocycles. The van der Waals surface area contributed by atoms with Gasteiger partial charge in [0.05, 0.1) is 25.0 Å². The summed E-state index contributed by atoms with van der Waals surface area (Å²) in [5.74, 6) is 2.09. The van der Waals surface area contributed by atoms with Crippen LogP contribution in [0.2, 0.25) is 0 Å². The third-order valence-electron chi connectivity index (χ3n) is 3.36. The summed E-state index contributed by atoms with van der Waals surface area (Å²) < 4.78 is 10.4. The number of halogens is 1. The highest BCUT2D eigenvalue weighted by atomic mass is 127. The molecule has 3 N–H and O–H groups in total. The van der Waals surface area contributed by atoms with Crippen molar-refractivity contribution in [2.75, 3.05) is 13.1 Å². The topological polar surface area (TPSA) is 105 Å². The lowest BCUT2D eigenvalue weighted by atomic mass is 10.1. The molecule has 0 spiro atoms. The summed E-state index contributed by atoms with van der Waals surface area (Å²) in [6.45, 7) is 7.57. The smallest absolute Gasteiger partial charge is 0.242 e. The lowest BCUT2D eigenvalue weighted by Gasteiger charge is -2.09. The van der Waals surface area contributed by atoms with Crippen molar-refractivity contribution in [2.24, 2.45) is 4.99 Å². The first-order chi connectivity index (χ1) is 12.1. The number of carbonyl (C=O) groups excluding carboxylic acids is 1. The maximum absolute atomic E-state index is 11.9. The molecule has 0 unspecified atom stereocenters. The number of aromatic nitrogens is 1. The molecule has 0 saturated carbocycles. The number of rotatable bonds is 8. The fourth-order valence-corrected chi connectivity index (χ4v) is 2.00. The predicted molar refractivity (Wildman–Crippen MR) is 109 cm³/mol. The monoisotopic (exact) mass is 475 g/mol. The van der Waals surface area contributed by atoms with Crippen molar-refractivity contribution in [2.45, 2.75) is 39.8 Å². The number of hydrogen-bond acceptors (Lipinski definition) is 5. The Morgan fingerprint density at radius 2 is 2.00 bits per heavy atom. The summed E-state index contributed by atoms with van der Waals surface area (Å²) >= 11 is 0. The normalized spacial score (nSPS) is 11.2. The minimum absolute atomic E-state index is 0. The molecular weight excluding hydrogens is 449 g/mol. The van der Waals surface area contributed by atoms with E-state index in [0.717, 1.165) is 11.5 Å². The van der Waals surface area contributed by atoms with E-state index in [1.54, 1.807) is 18.4 Å². The highest BCUT2D eigenvalue weighted by Gasteiger charge is 2.08. The zero-order valence-electron chi connectivity index (χ0n) is 15.2. The number of carbonyl (C=O) groups is 1. The molecule has 0 aliphatic heterocycles. The molecule has 1 amide bonds. The number of aliphatic imine (C=N–C) groups is 1. The number of furan rings is 1. The third kappa shape index (κ3) is 7.46. The molecule has 0 atom stereocenters. The second-order valence-electron chi connectivity index (χ2n) is 5.78. The van der Waals surface area contributed by atoms with Crippen LogP contribution in [0.25, 0.3) is 0 Å². The van der Waals surface area contributed by atoms with Crippen LogP contribution in [-0.4, -0.2) is 30.1 Å². The maximum Gasteiger partial charge on any atom is 0.242 e. The van der Waals surface area contributed by atoms with Gasteiger partial charge in [-0.15, -0.1) is 24.0 Å². The molecule has 2 rings (SSSR count). The largest absolute Gasteiger partial charge is 0.467 e. The second kappa shape index (κ2) is 11.6. The molecule has 9 heteroatoms. The van der Waals surface area contributed by atoms with Gasteiger partial charge in [0.1, 0.15) is 12.3 Å². The van der Waals surface area contributed by atoms with Crippen molar-refractivity contribution in [1.29, 1.82) is 0 Å². The van der Waals surface area contributed by atoms with Crippen molar-refractivity contribution in [3.05, 3.63) is 41.7 Å². The Hall–Kier alpha value is -2.04. The summed E-state index contributed by atoms with van der Waals surface area (Å²) in [7, 11) is 0. The average molecular weight is 475 g/mol. The van der Waals surface area contributed by atoms with E-state index in [9.17, 15) is 4.79 Å². The fourth-order valence-electron chi connectivity index (χ4n) is 2.00. The number of hydrogen-bond donors (Lipinski definition) is 3. The van der Waals surface area contributed by atoms with Crippen LogP contribution in [0, 0.1) is 0 Å². The van der Waals surface area contributed by atoms with Crippen molar-refractivity contribution in [3.8, 4) is 0 Å². The minimum atomic E-state index is -0.185. The van der Waals surface area contributed by atoms with Crippen LogP contribution in [0.1, 0.15) is 43.9 Å². The van der Waals surface area contributed by atoms with Crippen LogP contribution >= 0.6 is 24.0 Å². The highest BCUT2D eigenvalue weighted by Crippen LogP contribution is 2.13. The van der Waals surface area contributed by atoms with Gasteiger partial charge in [-0.25, -0.2) is 4.99 Å². The fraction of sp³-hybridized carbons (Fsp3) is 0.471. The summed E-state index contributed by atoms with van der Waals surface area (Å²) in [4.78, 5) is 16.1. The zero-order chi connectivity index (χ0) is 18.1. The van der Waals surface area contributed by atoms with E-state index < -0.39 is 0 Å². The lowest BCUT2D eigenvalue weighted by molar-refractivity contribution is -0.119. The van der Waals surface area contributed by atoms with E-state index in [-0.39, 0.29) is 36.4 Å². The van der Waals surface area contributed by atoms with Gasteiger partial charge in [-0.1, -0.05) is 19.0 Å². The van der Waals surface area contributed by atoms with Crippen molar-refractivity contribution >= 4 is 35.8 Å². The zero-order valence-corrected chi connectivity index (χ0v) is 17.6. The third-order valence-corrected chi connectivity index (χ3v) is 3.36. The first-order valence-corrected chi connectivity index (χ1v) is 8.35. The summed E-state index contributed by atoms with van der Waals surface area (Å²) in [5, 5.41) is 13.0. The van der Waals surface area contributed by atoms with E-state index in [2.05, 4.69) is 39.9 Å². The van der Waals surface area contributed by atoms with Gasteiger partial charge in [-0.3, -0.25) is 4.79 Å². The molecule has 0 fully saturated rings. The van der Waals surface area contributed by atoms with Crippen LogP contribution in [0.3, 0.4) is 0 Å². The lowest BCUT2D eigenvalue weighted by Crippen LogP contribution is -2.38. The van der Waals surface area contributed by atoms with Gasteiger partial charge in [-0.2, -0.15) is 0 Å². The van der Waals surface area contributed by atoms with Crippen LogP contribution in [0.5, 0.6) is 0 Å². The molecule has 0 radical (unpaired) electrons. The predicted octanol–water partition coefficient (Wildman–Crippen LogP) is 2.38. The Bertz CT molecular complexity index is 682. The quantitative estimate of drug-likeness (QED) is 0.308. The molecule has 0 aromatic carbocycles. The first kappa shape index (κ1) is 22.0. The van der Waals surface area contributed by atoms with E-state index in [1.165, 1.54) is 0 Å². The molecule has 26 heavy (non-hydrogen) atoms. The van der Waals surface area contributed by atoms with E-state index in [0.29, 0.717) is 37.3 Å². The Morgan fingerprint density at radius 3 is 2.62 bits per heavy atom. The Balaban J connectivity index is 0.00000338. The van der Waals surface area contributed by atoms with Gasteiger partial charge in [0, 0.05) is 12.6 Å². The second-order valence-corrected chi connectivity index (χ2v) is 5.78. The van der Waals surface area contributed by atoms with Crippen LogP contribution < -0.4 is 16.0 Å². The number of nitrogens with one attached hydrogen (secondary N) is 3. The Morgan fingerprint density at radius 1 is 1.23 bits per heavy atom. The van der Waals surface area contributed by atoms with Gasteiger partial charge >= 0.3 is 0 Å². The SMILES string of the molecule is CCNC(=NCC(=O)NCc1ccco1)NCc1cc(C(C)C)no1.I. The minimum Gasteiger partial charge on any atom is -0.467 e. The highest BCUT2D eigenvalue weighted by molar-refractivity contribution is 14.0. The summed E-state index contributed by atoms with van der Waals surface area (Å²) in [6.07, 6.45) is 1.57. The maximum atomic E-state index is 11.9. The number of amides is 1. The van der Waals surface area contributed by atoms with Crippen LogP contribution in [-0.2, 0) is 17.9 Å². The molecule has 0 saturated heterocycles. The van der Waals surface area contributed by atoms with E-state index in [4.69, 9.17) is 8.94 Å². The van der Waals surface area contributed by atoms with Crippen LogP contribution in [0.15, 0.2) is 38.4 Å². The van der Waals surface area contributed by atoms with Crippen molar-refractivity contribution in [3.63, 3.8) is 0 Å². The Labute approximate surface area is 170 Å². The van der Waals surface area contributed by atoms with Gasteiger partial charge in [0.15, 0.2) is 11.7 Å². The number of guanidine groups is 1. The molecule has 0 aliphatic rings. The van der Waals surface area contributed by atoms with Gasteiger partial charge in [0.25, 0.3) is 0 Å². The summed E-state index contributed by atoms with van der Waals surface area (Å²) in [6, 6.07) is 5.50. The molecule has 2 aromatic rings. The average Bonchev–Trinajstić information content (AvgIpc) is 3.26. The molecule has 144 valence electrons.